The summed E-state index contributed by atoms with van der Waals surface area (Å²) in [6.45, 7) is 2.00. The Hall–Kier alpha value is -3.67. The maximum Gasteiger partial charge on any atom is 0.339 e. The molecule has 0 bridgehead atoms. The summed E-state index contributed by atoms with van der Waals surface area (Å²) in [4.78, 5) is 27.6. The largest absolute Gasteiger partial charge is 0.465 e. The summed E-state index contributed by atoms with van der Waals surface area (Å²) in [5.41, 5.74) is 2.20. The molecule has 6 nitrogen and oxygen atoms in total. The van der Waals surface area contributed by atoms with Gasteiger partial charge in [-0.1, -0.05) is 12.1 Å². The lowest BCUT2D eigenvalue weighted by molar-refractivity contribution is 0.0600. The van der Waals surface area contributed by atoms with Crippen LogP contribution in [0.15, 0.2) is 66.9 Å². The maximum absolute atomic E-state index is 12.3. The molecule has 0 unspecified atom stereocenters. The average Bonchev–Trinajstić information content (AvgIpc) is 2.69. The molecule has 3 rings (SSSR count). The molecule has 1 N–H and O–H groups in total. The van der Waals surface area contributed by atoms with E-state index in [9.17, 15) is 9.59 Å². The third-order valence-electron chi connectivity index (χ3n) is 3.75. The fourth-order valence-corrected chi connectivity index (χ4v) is 2.38. The summed E-state index contributed by atoms with van der Waals surface area (Å²) in [6, 6.07) is 17.7. The quantitative estimate of drug-likeness (QED) is 0.688. The Morgan fingerprint density at radius 3 is 2.37 bits per heavy atom. The van der Waals surface area contributed by atoms with Crippen LogP contribution in [0.3, 0.4) is 0 Å². The van der Waals surface area contributed by atoms with Gasteiger partial charge < -0.3 is 14.8 Å². The van der Waals surface area contributed by atoms with Crippen LogP contribution in [0.1, 0.15) is 26.4 Å². The number of aryl methyl sites for hydroxylation is 1. The molecule has 0 saturated carbocycles. The van der Waals surface area contributed by atoms with E-state index in [-0.39, 0.29) is 17.2 Å². The molecular weight excluding hydrogens is 344 g/mol. The van der Waals surface area contributed by atoms with E-state index in [1.165, 1.54) is 25.4 Å². The number of pyridine rings is 1. The molecule has 0 radical (unpaired) electrons. The number of hydrogen-bond donors (Lipinski definition) is 1. The van der Waals surface area contributed by atoms with Gasteiger partial charge in [-0.05, 0) is 61.0 Å². The predicted molar refractivity (Wildman–Crippen MR) is 101 cm³/mol. The van der Waals surface area contributed by atoms with Gasteiger partial charge in [-0.25, -0.2) is 4.79 Å². The molecule has 1 heterocycles. The first kappa shape index (κ1) is 18.1. The highest BCUT2D eigenvalue weighted by Gasteiger charge is 2.11. The topological polar surface area (TPSA) is 77.5 Å². The van der Waals surface area contributed by atoms with Gasteiger partial charge in [0.05, 0.1) is 12.7 Å². The Balaban J connectivity index is 1.63. The molecule has 0 saturated heterocycles. The van der Waals surface area contributed by atoms with Gasteiger partial charge in [-0.15, -0.1) is 0 Å². The van der Waals surface area contributed by atoms with Crippen molar-refractivity contribution in [1.29, 1.82) is 0 Å². The molecule has 136 valence electrons. The highest BCUT2D eigenvalue weighted by molar-refractivity contribution is 6.03. The number of benzene rings is 2. The van der Waals surface area contributed by atoms with Gasteiger partial charge in [0.1, 0.15) is 17.2 Å². The molecule has 0 aliphatic carbocycles. The van der Waals surface area contributed by atoms with Gasteiger partial charge in [0.2, 0.25) is 0 Å². The Morgan fingerprint density at radius 2 is 1.74 bits per heavy atom. The molecule has 0 spiro atoms. The van der Waals surface area contributed by atoms with Gasteiger partial charge >= 0.3 is 5.97 Å². The molecule has 6 heteroatoms. The van der Waals surface area contributed by atoms with Crippen LogP contribution in [0.25, 0.3) is 0 Å². The van der Waals surface area contributed by atoms with Gasteiger partial charge in [0, 0.05) is 11.9 Å². The van der Waals surface area contributed by atoms with Gasteiger partial charge in [-0.2, -0.15) is 0 Å². The zero-order valence-electron chi connectivity index (χ0n) is 14.9. The lowest BCUT2D eigenvalue weighted by atomic mass is 10.2. The van der Waals surface area contributed by atoms with Crippen molar-refractivity contribution in [2.24, 2.45) is 0 Å². The van der Waals surface area contributed by atoms with E-state index in [0.29, 0.717) is 11.4 Å². The number of ether oxygens (including phenoxy) is 2. The van der Waals surface area contributed by atoms with E-state index in [1.807, 2.05) is 31.2 Å². The molecule has 1 aromatic heterocycles. The van der Waals surface area contributed by atoms with Crippen molar-refractivity contribution in [3.05, 3.63) is 83.7 Å². The van der Waals surface area contributed by atoms with Crippen molar-refractivity contribution < 1.29 is 19.1 Å². The van der Waals surface area contributed by atoms with Crippen LogP contribution in [0.5, 0.6) is 11.5 Å². The second kappa shape index (κ2) is 8.14. The van der Waals surface area contributed by atoms with Crippen molar-refractivity contribution in [2.75, 3.05) is 12.4 Å². The van der Waals surface area contributed by atoms with Crippen molar-refractivity contribution >= 4 is 17.6 Å². The van der Waals surface area contributed by atoms with E-state index >= 15 is 0 Å². The van der Waals surface area contributed by atoms with Gasteiger partial charge in [-0.3, -0.25) is 9.78 Å². The number of aromatic nitrogens is 1. The summed E-state index contributed by atoms with van der Waals surface area (Å²) >= 11 is 0. The minimum absolute atomic E-state index is 0.197. The minimum atomic E-state index is -0.501. The average molecular weight is 362 g/mol. The first-order valence-electron chi connectivity index (χ1n) is 8.25. The van der Waals surface area contributed by atoms with Crippen LogP contribution in [-0.4, -0.2) is 24.0 Å². The van der Waals surface area contributed by atoms with Crippen molar-refractivity contribution in [1.82, 2.24) is 4.98 Å². The monoisotopic (exact) mass is 362 g/mol. The number of amides is 1. The number of anilines is 1. The Labute approximate surface area is 156 Å². The van der Waals surface area contributed by atoms with Gasteiger partial charge in [0.25, 0.3) is 5.91 Å². The Kier molecular flexibility index (Phi) is 5.47. The van der Waals surface area contributed by atoms with Crippen LogP contribution in [-0.2, 0) is 4.74 Å². The number of carbonyl (C=O) groups excluding carboxylic acids is 2. The van der Waals surface area contributed by atoms with Crippen molar-refractivity contribution in [2.45, 2.75) is 6.92 Å². The third-order valence-corrected chi connectivity index (χ3v) is 3.75. The predicted octanol–water partition coefficient (Wildman–Crippen LogP) is 4.22. The number of nitrogens with one attached hydrogen (secondary N) is 1. The lowest BCUT2D eigenvalue weighted by Gasteiger charge is -2.08. The number of carbonyl (C=O) groups is 2. The zero-order valence-corrected chi connectivity index (χ0v) is 14.9. The number of rotatable bonds is 5. The molecule has 0 aliphatic heterocycles. The maximum atomic E-state index is 12.3. The second-order valence-corrected chi connectivity index (χ2v) is 5.82. The molecule has 0 atom stereocenters. The summed E-state index contributed by atoms with van der Waals surface area (Å²) < 4.78 is 10.4. The number of methoxy groups -OCH3 is 1. The van der Waals surface area contributed by atoms with E-state index in [2.05, 4.69) is 15.0 Å². The summed E-state index contributed by atoms with van der Waals surface area (Å²) in [5, 5.41) is 2.75. The third kappa shape index (κ3) is 4.70. The normalized spacial score (nSPS) is 10.1. The molecule has 0 aliphatic rings. The first-order chi connectivity index (χ1) is 13.0. The van der Waals surface area contributed by atoms with Crippen LogP contribution in [0.4, 0.5) is 5.69 Å². The summed E-state index contributed by atoms with van der Waals surface area (Å²) in [7, 11) is 1.29. The molecule has 1 amide bonds. The Bertz CT molecular complexity index is 951. The van der Waals surface area contributed by atoms with Crippen molar-refractivity contribution in [3.8, 4) is 11.5 Å². The van der Waals surface area contributed by atoms with Crippen LogP contribution >= 0.6 is 0 Å². The summed E-state index contributed by atoms with van der Waals surface area (Å²) in [6.07, 6.45) is 1.31. The van der Waals surface area contributed by atoms with Crippen LogP contribution in [0, 0.1) is 6.92 Å². The standard InChI is InChI=1S/C21H18N2O4/c1-14-4-3-5-18(12-14)27-17-9-7-16(8-10-17)23-20(24)19-11-6-15(13-22-19)21(25)26-2/h3-13H,1-2H3,(H,23,24). The smallest absolute Gasteiger partial charge is 0.339 e. The number of hydrogen-bond acceptors (Lipinski definition) is 5. The van der Waals surface area contributed by atoms with E-state index in [0.717, 1.165) is 11.3 Å². The molecular formula is C21H18N2O4. The highest BCUT2D eigenvalue weighted by atomic mass is 16.5. The molecule has 0 fully saturated rings. The highest BCUT2D eigenvalue weighted by Crippen LogP contribution is 2.23. The molecule has 2 aromatic carbocycles. The first-order valence-corrected chi connectivity index (χ1v) is 8.25. The minimum Gasteiger partial charge on any atom is -0.465 e. The Morgan fingerprint density at radius 1 is 0.963 bits per heavy atom. The number of nitrogens with zero attached hydrogens (tertiary/aromatic N) is 1. The van der Waals surface area contributed by atoms with E-state index in [1.54, 1.807) is 24.3 Å². The fraction of sp³-hybridized carbons (Fsp3) is 0.0952. The van der Waals surface area contributed by atoms with E-state index in [4.69, 9.17) is 4.74 Å². The fourth-order valence-electron chi connectivity index (χ4n) is 2.38. The van der Waals surface area contributed by atoms with Crippen LogP contribution in [0.2, 0.25) is 0 Å². The molecule has 27 heavy (non-hydrogen) atoms. The number of esters is 1. The lowest BCUT2D eigenvalue weighted by Crippen LogP contribution is -2.14. The van der Waals surface area contributed by atoms with Crippen LogP contribution < -0.4 is 10.1 Å². The second-order valence-electron chi connectivity index (χ2n) is 5.82. The van der Waals surface area contributed by atoms with E-state index < -0.39 is 5.97 Å². The summed E-state index contributed by atoms with van der Waals surface area (Å²) in [5.74, 6) is 0.540. The molecule has 3 aromatic rings. The zero-order chi connectivity index (χ0) is 19.2. The van der Waals surface area contributed by atoms with Crippen molar-refractivity contribution in [3.63, 3.8) is 0 Å². The SMILES string of the molecule is COC(=O)c1ccc(C(=O)Nc2ccc(Oc3cccc(C)c3)cc2)nc1. The van der Waals surface area contributed by atoms with Gasteiger partial charge in [0.15, 0.2) is 0 Å².